The molecule has 19 heavy (non-hydrogen) atoms. The molecule has 0 radical (unpaired) electrons. The average Bonchev–Trinajstić information content (AvgIpc) is 2.74. The van der Waals surface area contributed by atoms with Gasteiger partial charge in [-0.25, -0.2) is 0 Å². The molecule has 0 atom stereocenters. The highest BCUT2D eigenvalue weighted by Gasteiger charge is 2.03. The van der Waals surface area contributed by atoms with Gasteiger partial charge in [0.25, 0.3) is 0 Å². The molecule has 0 aliphatic carbocycles. The number of carboxylic acid groups (broad SMARTS) is 1. The highest BCUT2D eigenvalue weighted by Crippen LogP contribution is 2.24. The predicted octanol–water partition coefficient (Wildman–Crippen LogP) is 3.01. The van der Waals surface area contributed by atoms with Gasteiger partial charge in [0.05, 0.1) is 10.1 Å². The van der Waals surface area contributed by atoms with Crippen molar-refractivity contribution < 1.29 is 14.7 Å². The van der Waals surface area contributed by atoms with Crippen LogP contribution in [-0.2, 0) is 15.3 Å². The van der Waals surface area contributed by atoms with Crippen molar-refractivity contribution in [1.29, 1.82) is 0 Å². The molecule has 7 heteroatoms. The van der Waals surface area contributed by atoms with Gasteiger partial charge in [-0.1, -0.05) is 11.6 Å². The van der Waals surface area contributed by atoms with E-state index in [0.29, 0.717) is 25.1 Å². The first-order valence-electron chi connectivity index (χ1n) is 5.88. The number of hydrogen-bond donors (Lipinski definition) is 2. The van der Waals surface area contributed by atoms with E-state index in [1.54, 1.807) is 11.8 Å². The van der Waals surface area contributed by atoms with Crippen molar-refractivity contribution in [3.05, 3.63) is 21.3 Å². The lowest BCUT2D eigenvalue weighted by molar-refractivity contribution is -0.137. The van der Waals surface area contributed by atoms with E-state index in [9.17, 15) is 9.59 Å². The fourth-order valence-corrected chi connectivity index (χ4v) is 3.41. The van der Waals surface area contributed by atoms with Crippen LogP contribution in [0.3, 0.4) is 0 Å². The number of unbranched alkanes of at least 4 members (excludes halogenated alkanes) is 1. The van der Waals surface area contributed by atoms with Gasteiger partial charge in [0.1, 0.15) is 0 Å². The third kappa shape index (κ3) is 8.13. The van der Waals surface area contributed by atoms with Gasteiger partial charge < -0.3 is 10.4 Å². The van der Waals surface area contributed by atoms with Crippen LogP contribution in [0.2, 0.25) is 4.34 Å². The molecule has 1 aromatic heterocycles. The number of hydrogen-bond acceptors (Lipinski definition) is 4. The summed E-state index contributed by atoms with van der Waals surface area (Å²) in [5.74, 6) is 0.387. The zero-order chi connectivity index (χ0) is 14.1. The Morgan fingerprint density at radius 1 is 1.37 bits per heavy atom. The second kappa shape index (κ2) is 9.23. The molecule has 0 aliphatic rings. The molecule has 1 heterocycles. The summed E-state index contributed by atoms with van der Waals surface area (Å²) in [6, 6.07) is 3.81. The minimum absolute atomic E-state index is 0.0111. The van der Waals surface area contributed by atoms with Crippen molar-refractivity contribution in [2.45, 2.75) is 25.0 Å². The topological polar surface area (TPSA) is 66.4 Å². The van der Waals surface area contributed by atoms with Crippen LogP contribution >= 0.6 is 34.7 Å². The van der Waals surface area contributed by atoms with E-state index < -0.39 is 5.97 Å². The van der Waals surface area contributed by atoms with E-state index in [-0.39, 0.29) is 12.3 Å². The van der Waals surface area contributed by atoms with E-state index in [1.807, 2.05) is 12.1 Å². The monoisotopic (exact) mass is 321 g/mol. The minimum Gasteiger partial charge on any atom is -0.481 e. The number of thioether (sulfide) groups is 1. The predicted molar refractivity (Wildman–Crippen MR) is 80.0 cm³/mol. The highest BCUT2D eigenvalue weighted by atomic mass is 35.5. The number of thiophene rings is 1. The molecule has 1 amide bonds. The van der Waals surface area contributed by atoms with E-state index in [4.69, 9.17) is 16.7 Å². The molecule has 0 fully saturated rings. The Labute approximate surface area is 125 Å². The lowest BCUT2D eigenvalue weighted by Gasteiger charge is -2.04. The molecule has 4 nitrogen and oxygen atoms in total. The zero-order valence-electron chi connectivity index (χ0n) is 10.4. The molecule has 0 saturated carbocycles. The second-order valence-corrected chi connectivity index (χ2v) is 6.68. The van der Waals surface area contributed by atoms with Crippen LogP contribution in [0.15, 0.2) is 12.1 Å². The molecule has 0 aromatic carbocycles. The van der Waals surface area contributed by atoms with Crippen molar-refractivity contribution in [1.82, 2.24) is 5.32 Å². The van der Waals surface area contributed by atoms with Gasteiger partial charge in [-0.2, -0.15) is 0 Å². The Morgan fingerprint density at radius 2 is 2.16 bits per heavy atom. The standard InChI is InChI=1S/C12H16ClNO3S2/c13-10-5-4-9(19-10)7-18-8-11(15)14-6-2-1-3-12(16)17/h4-5H,1-3,6-8H2,(H,14,15)(H,16,17). The molecular weight excluding hydrogens is 306 g/mol. The van der Waals surface area contributed by atoms with Gasteiger partial charge in [0.2, 0.25) is 5.91 Å². The van der Waals surface area contributed by atoms with E-state index in [0.717, 1.165) is 15.0 Å². The summed E-state index contributed by atoms with van der Waals surface area (Å²) in [6.45, 7) is 0.539. The summed E-state index contributed by atoms with van der Waals surface area (Å²) in [5, 5.41) is 11.2. The number of rotatable bonds is 9. The van der Waals surface area contributed by atoms with Crippen molar-refractivity contribution in [3.63, 3.8) is 0 Å². The van der Waals surface area contributed by atoms with Gasteiger partial charge in [0.15, 0.2) is 0 Å². The van der Waals surface area contributed by atoms with E-state index in [2.05, 4.69) is 5.32 Å². The quantitative estimate of drug-likeness (QED) is 0.686. The number of aliphatic carboxylic acids is 1. The fourth-order valence-electron chi connectivity index (χ4n) is 1.35. The van der Waals surface area contributed by atoms with Crippen LogP contribution in [0.1, 0.15) is 24.1 Å². The summed E-state index contributed by atoms with van der Waals surface area (Å²) >= 11 is 8.88. The van der Waals surface area contributed by atoms with Gasteiger partial charge in [-0.15, -0.1) is 23.1 Å². The summed E-state index contributed by atoms with van der Waals surface area (Å²) in [7, 11) is 0. The van der Waals surface area contributed by atoms with Gasteiger partial charge >= 0.3 is 5.97 Å². The first-order valence-corrected chi connectivity index (χ1v) is 8.23. The van der Waals surface area contributed by atoms with Crippen LogP contribution in [0, 0.1) is 0 Å². The zero-order valence-corrected chi connectivity index (χ0v) is 12.7. The maximum atomic E-state index is 11.5. The third-order valence-corrected chi connectivity index (χ3v) is 4.64. The normalized spacial score (nSPS) is 10.4. The van der Waals surface area contributed by atoms with E-state index in [1.165, 1.54) is 11.3 Å². The molecule has 1 rings (SSSR count). The van der Waals surface area contributed by atoms with Crippen LogP contribution in [-0.4, -0.2) is 29.3 Å². The number of carbonyl (C=O) groups is 2. The summed E-state index contributed by atoms with van der Waals surface area (Å²) in [6.07, 6.45) is 1.45. The molecular formula is C12H16ClNO3S2. The molecule has 106 valence electrons. The number of nitrogens with one attached hydrogen (secondary N) is 1. The molecule has 0 saturated heterocycles. The first kappa shape index (κ1) is 16.3. The Kier molecular flexibility index (Phi) is 7.93. The number of carbonyl (C=O) groups excluding carboxylic acids is 1. The Bertz CT molecular complexity index is 423. The Morgan fingerprint density at radius 3 is 2.79 bits per heavy atom. The number of halogens is 1. The lowest BCUT2D eigenvalue weighted by Crippen LogP contribution is -2.26. The molecule has 1 aromatic rings. The summed E-state index contributed by atoms with van der Waals surface area (Å²) < 4.78 is 0.762. The highest BCUT2D eigenvalue weighted by molar-refractivity contribution is 7.99. The van der Waals surface area contributed by atoms with Crippen molar-refractivity contribution >= 4 is 46.6 Å². The molecule has 0 bridgehead atoms. The van der Waals surface area contributed by atoms with E-state index >= 15 is 0 Å². The van der Waals surface area contributed by atoms with Crippen LogP contribution < -0.4 is 5.32 Å². The number of carboxylic acids is 1. The number of amides is 1. The molecule has 0 spiro atoms. The smallest absolute Gasteiger partial charge is 0.303 e. The SMILES string of the molecule is O=C(O)CCCCNC(=O)CSCc1ccc(Cl)s1. The van der Waals surface area contributed by atoms with Crippen molar-refractivity contribution in [3.8, 4) is 0 Å². The Hall–Kier alpha value is -0.720. The second-order valence-electron chi connectivity index (χ2n) is 3.90. The third-order valence-electron chi connectivity index (χ3n) is 2.25. The summed E-state index contributed by atoms with van der Waals surface area (Å²) in [4.78, 5) is 22.9. The molecule has 0 aliphatic heterocycles. The van der Waals surface area contributed by atoms with Crippen LogP contribution in [0.4, 0.5) is 0 Å². The van der Waals surface area contributed by atoms with Crippen LogP contribution in [0.5, 0.6) is 0 Å². The lowest BCUT2D eigenvalue weighted by atomic mass is 10.2. The molecule has 0 unspecified atom stereocenters. The van der Waals surface area contributed by atoms with Crippen LogP contribution in [0.25, 0.3) is 0 Å². The maximum Gasteiger partial charge on any atom is 0.303 e. The van der Waals surface area contributed by atoms with Gasteiger partial charge in [0, 0.05) is 23.6 Å². The fraction of sp³-hybridized carbons (Fsp3) is 0.500. The maximum absolute atomic E-state index is 11.5. The first-order chi connectivity index (χ1) is 9.08. The summed E-state index contributed by atoms with van der Waals surface area (Å²) in [5.41, 5.74) is 0. The minimum atomic E-state index is -0.795. The van der Waals surface area contributed by atoms with Gasteiger partial charge in [-0.3, -0.25) is 9.59 Å². The molecule has 2 N–H and O–H groups in total. The Balaban J connectivity index is 2.00. The van der Waals surface area contributed by atoms with Gasteiger partial charge in [-0.05, 0) is 25.0 Å². The van der Waals surface area contributed by atoms with Crippen molar-refractivity contribution in [2.75, 3.05) is 12.3 Å². The average molecular weight is 322 g/mol. The van der Waals surface area contributed by atoms with Crippen molar-refractivity contribution in [2.24, 2.45) is 0 Å². The largest absolute Gasteiger partial charge is 0.481 e.